The molecule has 0 saturated carbocycles. The minimum Gasteiger partial charge on any atom is -0.392 e. The van der Waals surface area contributed by atoms with Gasteiger partial charge >= 0.3 is 0 Å². The molecular formula is C20H34O4. The van der Waals surface area contributed by atoms with Gasteiger partial charge in [-0.15, -0.1) is 0 Å². The van der Waals surface area contributed by atoms with Crippen LogP contribution in [0.4, 0.5) is 0 Å². The lowest BCUT2D eigenvalue weighted by Crippen LogP contribution is -2.41. The Hall–Kier alpha value is -0.970. The molecular weight excluding hydrogens is 304 g/mol. The average Bonchev–Trinajstić information content (AvgIpc) is 2.66. The van der Waals surface area contributed by atoms with Crippen molar-refractivity contribution in [1.82, 2.24) is 0 Å². The predicted octanol–water partition coefficient (Wildman–Crippen LogP) is 3.57. The van der Waals surface area contributed by atoms with Crippen molar-refractivity contribution < 1.29 is 19.7 Å². The SMILES string of the molecule is CC(C)=CCC(=O)[C@H](C)CCC[C@]1(C)OC/C(=C\CO)CC[C@H]1O. The summed E-state index contributed by atoms with van der Waals surface area (Å²) in [6, 6.07) is 0. The zero-order valence-electron chi connectivity index (χ0n) is 15.7. The second-order valence-corrected chi connectivity index (χ2v) is 7.45. The van der Waals surface area contributed by atoms with E-state index in [1.165, 1.54) is 5.57 Å². The van der Waals surface area contributed by atoms with Crippen LogP contribution in [0, 0.1) is 5.92 Å². The molecule has 1 heterocycles. The van der Waals surface area contributed by atoms with Crippen LogP contribution in [0.15, 0.2) is 23.3 Å². The van der Waals surface area contributed by atoms with E-state index in [-0.39, 0.29) is 18.3 Å². The van der Waals surface area contributed by atoms with Crippen molar-refractivity contribution in [2.75, 3.05) is 13.2 Å². The van der Waals surface area contributed by atoms with Crippen molar-refractivity contribution >= 4 is 5.78 Å². The minimum absolute atomic E-state index is 0.0107. The first-order chi connectivity index (χ1) is 11.3. The summed E-state index contributed by atoms with van der Waals surface area (Å²) >= 11 is 0. The Bertz CT molecular complexity index is 462. The molecule has 1 fully saturated rings. The van der Waals surface area contributed by atoms with E-state index >= 15 is 0 Å². The van der Waals surface area contributed by atoms with Gasteiger partial charge in [-0.2, -0.15) is 0 Å². The zero-order valence-corrected chi connectivity index (χ0v) is 15.7. The normalized spacial score (nSPS) is 27.6. The van der Waals surface area contributed by atoms with Gasteiger partial charge in [0.1, 0.15) is 5.78 Å². The maximum Gasteiger partial charge on any atom is 0.139 e. The highest BCUT2D eigenvalue weighted by Gasteiger charge is 2.35. The van der Waals surface area contributed by atoms with Gasteiger partial charge in [-0.3, -0.25) is 4.79 Å². The van der Waals surface area contributed by atoms with E-state index in [1.807, 2.05) is 33.8 Å². The lowest BCUT2D eigenvalue weighted by molar-refractivity contribution is -0.122. The Morgan fingerprint density at radius 2 is 2.17 bits per heavy atom. The molecule has 2 N–H and O–H groups in total. The van der Waals surface area contributed by atoms with Gasteiger partial charge in [0.25, 0.3) is 0 Å². The Balaban J connectivity index is 2.48. The third-order valence-corrected chi connectivity index (χ3v) is 4.98. The highest BCUT2D eigenvalue weighted by atomic mass is 16.5. The fourth-order valence-electron chi connectivity index (χ4n) is 3.01. The highest BCUT2D eigenvalue weighted by Crippen LogP contribution is 2.31. The van der Waals surface area contributed by atoms with Crippen LogP contribution in [-0.2, 0) is 9.53 Å². The fourth-order valence-corrected chi connectivity index (χ4v) is 3.01. The highest BCUT2D eigenvalue weighted by molar-refractivity contribution is 5.82. The van der Waals surface area contributed by atoms with Gasteiger partial charge in [0.15, 0.2) is 0 Å². The molecule has 138 valence electrons. The molecule has 0 unspecified atom stereocenters. The van der Waals surface area contributed by atoms with Crippen molar-refractivity contribution in [3.63, 3.8) is 0 Å². The second-order valence-electron chi connectivity index (χ2n) is 7.45. The average molecular weight is 338 g/mol. The van der Waals surface area contributed by atoms with Crippen LogP contribution in [-0.4, -0.2) is 40.9 Å². The predicted molar refractivity (Wildman–Crippen MR) is 96.8 cm³/mol. The summed E-state index contributed by atoms with van der Waals surface area (Å²) < 4.78 is 5.97. The van der Waals surface area contributed by atoms with E-state index in [0.717, 1.165) is 31.3 Å². The molecule has 3 atom stereocenters. The molecule has 0 radical (unpaired) electrons. The first-order valence-corrected chi connectivity index (χ1v) is 9.05. The van der Waals surface area contributed by atoms with E-state index < -0.39 is 11.7 Å². The molecule has 0 aromatic carbocycles. The monoisotopic (exact) mass is 338 g/mol. The lowest BCUT2D eigenvalue weighted by Gasteiger charge is -2.33. The van der Waals surface area contributed by atoms with Crippen molar-refractivity contribution in [3.8, 4) is 0 Å². The number of ether oxygens (including phenoxy) is 1. The van der Waals surface area contributed by atoms with Crippen molar-refractivity contribution in [2.45, 2.75) is 77.9 Å². The summed E-state index contributed by atoms with van der Waals surface area (Å²) in [5.41, 5.74) is 1.64. The van der Waals surface area contributed by atoms with E-state index in [0.29, 0.717) is 19.4 Å². The van der Waals surface area contributed by atoms with Gasteiger partial charge in [-0.05, 0) is 58.4 Å². The molecule has 1 aliphatic rings. The molecule has 1 rings (SSSR count). The summed E-state index contributed by atoms with van der Waals surface area (Å²) in [4.78, 5) is 12.1. The molecule has 0 aromatic heterocycles. The number of allylic oxidation sites excluding steroid dienone is 2. The fraction of sp³-hybridized carbons (Fsp3) is 0.750. The lowest BCUT2D eigenvalue weighted by atomic mass is 9.87. The van der Waals surface area contributed by atoms with Crippen molar-refractivity contribution in [1.29, 1.82) is 0 Å². The quantitative estimate of drug-likeness (QED) is 0.664. The van der Waals surface area contributed by atoms with Crippen LogP contribution < -0.4 is 0 Å². The van der Waals surface area contributed by atoms with Crippen LogP contribution in [0.1, 0.15) is 66.2 Å². The maximum absolute atomic E-state index is 12.1. The van der Waals surface area contributed by atoms with E-state index in [2.05, 4.69) is 0 Å². The topological polar surface area (TPSA) is 66.8 Å². The number of Topliss-reactive ketones (excluding diaryl/α,β-unsaturated/α-hetero) is 1. The second kappa shape index (κ2) is 10.1. The molecule has 1 saturated heterocycles. The molecule has 1 aliphatic heterocycles. The standard InChI is InChI=1S/C20H34O4/c1-15(2)7-9-18(22)16(3)6-5-12-20(4)19(23)10-8-17(11-13-21)14-24-20/h7,11,16,19,21,23H,5-6,8-10,12-14H2,1-4H3/b17-11-/t16-,19-,20+/m1/s1. The first kappa shape index (κ1) is 21.1. The maximum atomic E-state index is 12.1. The van der Waals surface area contributed by atoms with Gasteiger partial charge in [0, 0.05) is 12.3 Å². The van der Waals surface area contributed by atoms with Gasteiger partial charge in [-0.1, -0.05) is 24.6 Å². The molecule has 0 aliphatic carbocycles. The Kier molecular flexibility index (Phi) is 8.88. The van der Waals surface area contributed by atoms with Gasteiger partial charge in [0.05, 0.1) is 24.9 Å². The number of carbonyl (C=O) groups is 1. The van der Waals surface area contributed by atoms with E-state index in [9.17, 15) is 9.90 Å². The number of hydrogen-bond donors (Lipinski definition) is 2. The number of aliphatic hydroxyl groups excluding tert-OH is 2. The molecule has 0 amide bonds. The molecule has 0 aromatic rings. The minimum atomic E-state index is -0.576. The summed E-state index contributed by atoms with van der Waals surface area (Å²) in [5.74, 6) is 0.314. The first-order valence-electron chi connectivity index (χ1n) is 9.05. The van der Waals surface area contributed by atoms with Crippen LogP contribution in [0.3, 0.4) is 0 Å². The van der Waals surface area contributed by atoms with Crippen molar-refractivity contribution in [2.24, 2.45) is 5.92 Å². The summed E-state index contributed by atoms with van der Waals surface area (Å²) in [6.45, 7) is 8.41. The number of hydrogen-bond acceptors (Lipinski definition) is 4. The van der Waals surface area contributed by atoms with Gasteiger partial charge in [0.2, 0.25) is 0 Å². The third kappa shape index (κ3) is 6.88. The van der Waals surface area contributed by atoms with Crippen molar-refractivity contribution in [3.05, 3.63) is 23.3 Å². The van der Waals surface area contributed by atoms with Crippen LogP contribution in [0.5, 0.6) is 0 Å². The van der Waals surface area contributed by atoms with Crippen LogP contribution in [0.25, 0.3) is 0 Å². The molecule has 4 heteroatoms. The van der Waals surface area contributed by atoms with E-state index in [4.69, 9.17) is 9.84 Å². The molecule has 24 heavy (non-hydrogen) atoms. The van der Waals surface area contributed by atoms with Gasteiger partial charge in [-0.25, -0.2) is 0 Å². The van der Waals surface area contributed by atoms with Gasteiger partial charge < -0.3 is 14.9 Å². The smallest absolute Gasteiger partial charge is 0.139 e. The number of ketones is 1. The Morgan fingerprint density at radius 1 is 1.46 bits per heavy atom. The number of carbonyl (C=O) groups excluding carboxylic acids is 1. The Labute approximate surface area is 146 Å². The largest absolute Gasteiger partial charge is 0.392 e. The Morgan fingerprint density at radius 3 is 2.79 bits per heavy atom. The molecule has 0 bridgehead atoms. The number of rotatable bonds is 8. The summed E-state index contributed by atoms with van der Waals surface area (Å²) in [5, 5.41) is 19.4. The van der Waals surface area contributed by atoms with Crippen LogP contribution >= 0.6 is 0 Å². The molecule has 4 nitrogen and oxygen atoms in total. The third-order valence-electron chi connectivity index (χ3n) is 4.98. The van der Waals surface area contributed by atoms with E-state index in [1.54, 1.807) is 6.08 Å². The van der Waals surface area contributed by atoms with Crippen LogP contribution in [0.2, 0.25) is 0 Å². The zero-order chi connectivity index (χ0) is 18.2. The number of aliphatic hydroxyl groups is 2. The summed E-state index contributed by atoms with van der Waals surface area (Å²) in [7, 11) is 0. The summed E-state index contributed by atoms with van der Waals surface area (Å²) in [6.07, 6.45) is 7.56. The molecule has 0 spiro atoms.